The van der Waals surface area contributed by atoms with Crippen LogP contribution in [0.3, 0.4) is 0 Å². The molecule has 2 nitrogen and oxygen atoms in total. The molecular weight excluding hydrogens is 208 g/mol. The minimum absolute atomic E-state index is 0. The SMILES string of the molecule is CC1=C[n+]2cccc3cccc(c32)N1.[Cl-]. The third kappa shape index (κ3) is 1.47. The summed E-state index contributed by atoms with van der Waals surface area (Å²) in [5, 5.41) is 4.63. The third-order valence-electron chi connectivity index (χ3n) is 2.51. The Kier molecular flexibility index (Phi) is 2.37. The van der Waals surface area contributed by atoms with Crippen LogP contribution in [-0.2, 0) is 0 Å². The van der Waals surface area contributed by atoms with Gasteiger partial charge in [-0.05, 0) is 25.1 Å². The maximum Gasteiger partial charge on any atom is 0.241 e. The van der Waals surface area contributed by atoms with Crippen LogP contribution >= 0.6 is 0 Å². The molecule has 0 amide bonds. The van der Waals surface area contributed by atoms with Crippen LogP contribution in [-0.4, -0.2) is 0 Å². The van der Waals surface area contributed by atoms with Gasteiger partial charge in [0.2, 0.25) is 5.52 Å². The number of rotatable bonds is 0. The number of para-hydroxylation sites is 1. The molecule has 0 aliphatic carbocycles. The highest BCUT2D eigenvalue weighted by Gasteiger charge is 2.16. The summed E-state index contributed by atoms with van der Waals surface area (Å²) in [6.07, 6.45) is 4.19. The quantitative estimate of drug-likeness (QED) is 0.583. The van der Waals surface area contributed by atoms with Crippen molar-refractivity contribution in [2.75, 3.05) is 5.32 Å². The topological polar surface area (TPSA) is 15.9 Å². The van der Waals surface area contributed by atoms with Gasteiger partial charge >= 0.3 is 0 Å². The van der Waals surface area contributed by atoms with Gasteiger partial charge in [0, 0.05) is 11.5 Å². The molecule has 0 spiro atoms. The minimum atomic E-state index is 0. The zero-order valence-electron chi connectivity index (χ0n) is 8.37. The van der Waals surface area contributed by atoms with Crippen molar-refractivity contribution in [3.05, 3.63) is 42.2 Å². The fourth-order valence-electron chi connectivity index (χ4n) is 1.96. The monoisotopic (exact) mass is 218 g/mol. The van der Waals surface area contributed by atoms with E-state index in [0.717, 1.165) is 0 Å². The summed E-state index contributed by atoms with van der Waals surface area (Å²) in [7, 11) is 0. The average Bonchev–Trinajstić information content (AvgIpc) is 2.18. The van der Waals surface area contributed by atoms with Crippen LogP contribution in [0.15, 0.2) is 42.2 Å². The number of allylic oxidation sites excluding steroid dienone is 1. The Hall–Kier alpha value is -1.54. The Morgan fingerprint density at radius 2 is 1.93 bits per heavy atom. The first-order chi connectivity index (χ1) is 6.84. The molecule has 0 radical (unpaired) electrons. The number of anilines is 1. The maximum atomic E-state index is 3.36. The van der Waals surface area contributed by atoms with Gasteiger partial charge in [0.05, 0.1) is 5.70 Å². The van der Waals surface area contributed by atoms with E-state index in [9.17, 15) is 0 Å². The van der Waals surface area contributed by atoms with Crippen LogP contribution in [0.4, 0.5) is 5.69 Å². The summed E-state index contributed by atoms with van der Waals surface area (Å²) in [5.74, 6) is 0. The van der Waals surface area contributed by atoms with E-state index in [2.05, 4.69) is 59.5 Å². The van der Waals surface area contributed by atoms with Crippen molar-refractivity contribution in [3.8, 4) is 0 Å². The number of benzene rings is 1. The van der Waals surface area contributed by atoms with E-state index in [-0.39, 0.29) is 12.4 Å². The van der Waals surface area contributed by atoms with Gasteiger partial charge in [-0.25, -0.2) is 0 Å². The smallest absolute Gasteiger partial charge is 0.241 e. The van der Waals surface area contributed by atoms with Gasteiger partial charge in [0.15, 0.2) is 12.4 Å². The number of pyridine rings is 1. The van der Waals surface area contributed by atoms with Crippen LogP contribution in [0.1, 0.15) is 6.92 Å². The lowest BCUT2D eigenvalue weighted by molar-refractivity contribution is -0.539. The Morgan fingerprint density at radius 3 is 2.80 bits per heavy atom. The number of nitrogens with one attached hydrogen (secondary N) is 1. The molecule has 0 unspecified atom stereocenters. The van der Waals surface area contributed by atoms with Crippen LogP contribution in [0.25, 0.3) is 17.1 Å². The molecule has 1 aliphatic rings. The molecule has 15 heavy (non-hydrogen) atoms. The van der Waals surface area contributed by atoms with E-state index < -0.39 is 0 Å². The van der Waals surface area contributed by atoms with Crippen molar-refractivity contribution in [1.82, 2.24) is 0 Å². The molecule has 0 saturated heterocycles. The Bertz CT molecular complexity index is 541. The average molecular weight is 219 g/mol. The van der Waals surface area contributed by atoms with Crippen molar-refractivity contribution >= 4 is 22.8 Å². The van der Waals surface area contributed by atoms with Crippen molar-refractivity contribution in [3.63, 3.8) is 0 Å². The molecule has 1 aromatic carbocycles. The molecule has 0 saturated carbocycles. The third-order valence-corrected chi connectivity index (χ3v) is 2.51. The van der Waals surface area contributed by atoms with Gasteiger partial charge in [0.25, 0.3) is 0 Å². The van der Waals surface area contributed by atoms with Crippen LogP contribution in [0, 0.1) is 0 Å². The summed E-state index contributed by atoms with van der Waals surface area (Å²) in [5.41, 5.74) is 3.60. The molecule has 1 aromatic heterocycles. The summed E-state index contributed by atoms with van der Waals surface area (Å²) in [4.78, 5) is 0. The standard InChI is InChI=1S/C12H11N2.ClH/c1-9-8-14-7-3-5-10-4-2-6-11(13-9)12(10)14;/h2-8,13H,1H3;1H/q+1;/p-1. The van der Waals surface area contributed by atoms with E-state index >= 15 is 0 Å². The van der Waals surface area contributed by atoms with Gasteiger partial charge in [-0.3, -0.25) is 0 Å². The number of hydrogen-bond donors (Lipinski definition) is 1. The lowest BCUT2D eigenvalue weighted by Crippen LogP contribution is -3.00. The van der Waals surface area contributed by atoms with Gasteiger partial charge in [-0.15, -0.1) is 0 Å². The van der Waals surface area contributed by atoms with Gasteiger partial charge in [-0.1, -0.05) is 6.07 Å². The lowest BCUT2D eigenvalue weighted by Gasteiger charge is -2.11. The molecule has 3 rings (SSSR count). The molecule has 3 heteroatoms. The predicted molar refractivity (Wildman–Crippen MR) is 57.7 cm³/mol. The number of hydrogen-bond acceptors (Lipinski definition) is 1. The molecular formula is C12H11ClN2. The van der Waals surface area contributed by atoms with Gasteiger partial charge in [-0.2, -0.15) is 4.57 Å². The normalized spacial score (nSPS) is 12.7. The molecule has 1 aliphatic heterocycles. The van der Waals surface area contributed by atoms with Crippen molar-refractivity contribution in [2.24, 2.45) is 0 Å². The zero-order valence-corrected chi connectivity index (χ0v) is 9.12. The second kappa shape index (κ2) is 3.55. The molecule has 76 valence electrons. The van der Waals surface area contributed by atoms with Gasteiger partial charge in [0.1, 0.15) is 5.69 Å². The highest BCUT2D eigenvalue weighted by molar-refractivity contribution is 5.89. The Labute approximate surface area is 94.6 Å². The van der Waals surface area contributed by atoms with Crippen molar-refractivity contribution in [2.45, 2.75) is 6.92 Å². The molecule has 2 aromatic rings. The molecule has 0 atom stereocenters. The van der Waals surface area contributed by atoms with E-state index in [1.54, 1.807) is 0 Å². The first-order valence-corrected chi connectivity index (χ1v) is 4.73. The van der Waals surface area contributed by atoms with E-state index in [1.165, 1.54) is 22.3 Å². The molecule has 1 N–H and O–H groups in total. The fraction of sp³-hybridized carbons (Fsp3) is 0.0833. The van der Waals surface area contributed by atoms with E-state index in [0.29, 0.717) is 0 Å². The van der Waals surface area contributed by atoms with E-state index in [1.807, 2.05) is 0 Å². The van der Waals surface area contributed by atoms with Crippen LogP contribution in [0.2, 0.25) is 0 Å². The highest BCUT2D eigenvalue weighted by Crippen LogP contribution is 2.23. The lowest BCUT2D eigenvalue weighted by atomic mass is 10.1. The highest BCUT2D eigenvalue weighted by atomic mass is 35.5. The summed E-state index contributed by atoms with van der Waals surface area (Å²) < 4.78 is 2.16. The van der Waals surface area contributed by atoms with E-state index in [4.69, 9.17) is 0 Å². The van der Waals surface area contributed by atoms with Crippen molar-refractivity contribution in [1.29, 1.82) is 0 Å². The summed E-state index contributed by atoms with van der Waals surface area (Å²) in [6.45, 7) is 2.07. The summed E-state index contributed by atoms with van der Waals surface area (Å²) >= 11 is 0. The zero-order chi connectivity index (χ0) is 9.54. The maximum absolute atomic E-state index is 3.36. The number of halogens is 1. The summed E-state index contributed by atoms with van der Waals surface area (Å²) in [6, 6.07) is 10.5. The second-order valence-corrected chi connectivity index (χ2v) is 3.60. The van der Waals surface area contributed by atoms with Crippen LogP contribution < -0.4 is 22.3 Å². The number of nitrogens with zero attached hydrogens (tertiary/aromatic N) is 1. The van der Waals surface area contributed by atoms with Crippen molar-refractivity contribution < 1.29 is 17.0 Å². The Morgan fingerprint density at radius 1 is 1.13 bits per heavy atom. The fourth-order valence-corrected chi connectivity index (χ4v) is 1.96. The first kappa shape index (κ1) is 9.99. The molecule has 2 heterocycles. The molecule has 0 fully saturated rings. The number of aromatic nitrogens is 1. The van der Waals surface area contributed by atoms with Gasteiger partial charge < -0.3 is 17.7 Å². The molecule has 0 bridgehead atoms. The second-order valence-electron chi connectivity index (χ2n) is 3.60. The largest absolute Gasteiger partial charge is 1.00 e. The first-order valence-electron chi connectivity index (χ1n) is 4.73. The Balaban J connectivity index is 0.000000853. The minimum Gasteiger partial charge on any atom is -1.00 e. The predicted octanol–water partition coefficient (Wildman–Crippen LogP) is -0.625. The van der Waals surface area contributed by atoms with Crippen LogP contribution in [0.5, 0.6) is 0 Å².